The molecule has 0 aliphatic rings. The second-order valence-electron chi connectivity index (χ2n) is 7.10. The topological polar surface area (TPSA) is 77.8 Å². The van der Waals surface area contributed by atoms with E-state index in [0.29, 0.717) is 17.3 Å². The number of aliphatic carboxylic acids is 1. The quantitative estimate of drug-likeness (QED) is 0.152. The third-order valence-corrected chi connectivity index (χ3v) is 6.44. The van der Waals surface area contributed by atoms with Crippen LogP contribution in [0.1, 0.15) is 70.6 Å². The average molecular weight is 487 g/mol. The predicted octanol–water partition coefficient (Wildman–Crippen LogP) is 6.83. The molecule has 0 radical (unpaired) electrons. The molecule has 166 valence electrons. The van der Waals surface area contributed by atoms with Gasteiger partial charge < -0.3 is 5.11 Å². The molecule has 1 aromatic rings. The van der Waals surface area contributed by atoms with Crippen LogP contribution in [0.4, 0.5) is 5.69 Å². The number of carboxylic acids is 1. The van der Waals surface area contributed by atoms with E-state index < -0.39 is 21.6 Å². The molecule has 1 rings (SSSR count). The number of carbonyl (C=O) groups is 1. The Bertz CT molecular complexity index is 629. The first kappa shape index (κ1) is 26.5. The van der Waals surface area contributed by atoms with Gasteiger partial charge in [0.1, 0.15) is 0 Å². The molecule has 5 nitrogen and oxygen atoms in total. The molecule has 0 aromatic heterocycles. The number of hydrogen-bond donors (Lipinski definition) is 2. The van der Waals surface area contributed by atoms with Crippen molar-refractivity contribution in [1.29, 1.82) is 0 Å². The van der Waals surface area contributed by atoms with Crippen molar-refractivity contribution in [3.8, 4) is 0 Å². The molecule has 1 atom stereocenters. The number of hydrogen-bond acceptors (Lipinski definition) is 2. The second kappa shape index (κ2) is 14.5. The maximum atomic E-state index is 11.5. The van der Waals surface area contributed by atoms with E-state index >= 15 is 0 Å². The zero-order valence-electron chi connectivity index (χ0n) is 16.5. The molecule has 0 fully saturated rings. The van der Waals surface area contributed by atoms with E-state index in [1.54, 1.807) is 24.3 Å². The van der Waals surface area contributed by atoms with Crippen molar-refractivity contribution >= 4 is 57.7 Å². The van der Waals surface area contributed by atoms with Crippen LogP contribution < -0.4 is 4.31 Å². The Labute approximate surface area is 191 Å². The van der Waals surface area contributed by atoms with Crippen LogP contribution >= 0.6 is 34.8 Å². The molecule has 0 saturated heterocycles. The summed E-state index contributed by atoms with van der Waals surface area (Å²) in [7, 11) is 0. The first-order chi connectivity index (χ1) is 13.7. The van der Waals surface area contributed by atoms with Crippen molar-refractivity contribution in [2.24, 2.45) is 0 Å². The summed E-state index contributed by atoms with van der Waals surface area (Å²) in [5.41, 5.74) is 0.694. The van der Waals surface area contributed by atoms with Crippen LogP contribution in [0.3, 0.4) is 0 Å². The van der Waals surface area contributed by atoms with Crippen molar-refractivity contribution < 1.29 is 18.7 Å². The minimum atomic E-state index is -2.04. The first-order valence-corrected chi connectivity index (χ1v) is 12.2. The number of halogens is 3. The average Bonchev–Trinajstić information content (AvgIpc) is 2.66. The lowest BCUT2D eigenvalue weighted by atomic mass is 10.0. The summed E-state index contributed by atoms with van der Waals surface area (Å²) in [4.78, 5) is 10.8. The highest BCUT2D eigenvalue weighted by Gasteiger charge is 2.32. The van der Waals surface area contributed by atoms with Crippen LogP contribution in [0.5, 0.6) is 0 Å². The Morgan fingerprint density at radius 2 is 1.34 bits per heavy atom. The Balaban J connectivity index is 2.03. The lowest BCUT2D eigenvalue weighted by Crippen LogP contribution is -2.26. The van der Waals surface area contributed by atoms with E-state index in [1.807, 2.05) is 0 Å². The lowest BCUT2D eigenvalue weighted by Gasteiger charge is -2.19. The van der Waals surface area contributed by atoms with Crippen LogP contribution in [0.25, 0.3) is 0 Å². The molecule has 0 aliphatic carbocycles. The summed E-state index contributed by atoms with van der Waals surface area (Å²) in [6.45, 7) is 0.531. The fourth-order valence-corrected chi connectivity index (χ4v) is 4.01. The van der Waals surface area contributed by atoms with Crippen LogP contribution in [0.15, 0.2) is 24.3 Å². The zero-order valence-corrected chi connectivity index (χ0v) is 19.6. The van der Waals surface area contributed by atoms with E-state index in [2.05, 4.69) is 0 Å². The maximum absolute atomic E-state index is 11.5. The van der Waals surface area contributed by atoms with Gasteiger partial charge in [-0.3, -0.25) is 8.86 Å². The largest absolute Gasteiger partial charge is 0.479 e. The van der Waals surface area contributed by atoms with Gasteiger partial charge in [-0.25, -0.2) is 9.00 Å². The van der Waals surface area contributed by atoms with E-state index in [1.165, 1.54) is 4.31 Å². The minimum absolute atomic E-state index is 0.275. The summed E-state index contributed by atoms with van der Waals surface area (Å²) in [5.74, 6) is -1.18. The van der Waals surface area contributed by atoms with Crippen molar-refractivity contribution in [1.82, 2.24) is 0 Å². The molecule has 1 unspecified atom stereocenters. The third-order valence-electron chi connectivity index (χ3n) is 4.72. The van der Waals surface area contributed by atoms with Gasteiger partial charge in [-0.1, -0.05) is 86.2 Å². The van der Waals surface area contributed by atoms with Crippen LogP contribution in [-0.2, 0) is 16.1 Å². The third kappa shape index (κ3) is 11.4. The number of carboxylic acid groups (broad SMARTS) is 1. The highest BCUT2D eigenvalue weighted by atomic mass is 35.5. The SMILES string of the molecule is O=C(O)C(Cl)(Cl)CCCCCCCCCCCCN(c1ccc(Cl)cc1)S(=O)O. The molecule has 0 saturated carbocycles. The smallest absolute Gasteiger partial charge is 0.340 e. The van der Waals surface area contributed by atoms with E-state index in [4.69, 9.17) is 39.9 Å². The maximum Gasteiger partial charge on any atom is 0.340 e. The Kier molecular flexibility index (Phi) is 13.2. The summed E-state index contributed by atoms with van der Waals surface area (Å²) in [6.07, 6.45) is 10.6. The Morgan fingerprint density at radius 1 is 0.897 bits per heavy atom. The number of alkyl halides is 2. The van der Waals surface area contributed by atoms with Crippen LogP contribution in [0.2, 0.25) is 5.02 Å². The van der Waals surface area contributed by atoms with Gasteiger partial charge in [0.15, 0.2) is 0 Å². The minimum Gasteiger partial charge on any atom is -0.479 e. The molecule has 29 heavy (non-hydrogen) atoms. The summed E-state index contributed by atoms with van der Waals surface area (Å²) in [5, 5.41) is 9.43. The number of benzene rings is 1. The van der Waals surface area contributed by atoms with Gasteiger partial charge in [-0.15, -0.1) is 0 Å². The van der Waals surface area contributed by atoms with Gasteiger partial charge in [0.2, 0.25) is 4.33 Å². The molecule has 2 N–H and O–H groups in total. The van der Waals surface area contributed by atoms with Gasteiger partial charge in [0.05, 0.1) is 5.69 Å². The van der Waals surface area contributed by atoms with Crippen LogP contribution in [0, 0.1) is 0 Å². The molecule has 0 heterocycles. The molecule has 0 amide bonds. The highest BCUT2D eigenvalue weighted by molar-refractivity contribution is 7.80. The Morgan fingerprint density at radius 3 is 1.79 bits per heavy atom. The van der Waals surface area contributed by atoms with Gasteiger partial charge >= 0.3 is 5.97 Å². The van der Waals surface area contributed by atoms with E-state index in [0.717, 1.165) is 64.2 Å². The fourth-order valence-electron chi connectivity index (χ4n) is 3.03. The standard InChI is InChI=1S/C20H30Cl3NO4S/c21-17-11-13-18(14-12-17)24(29(27)28)16-10-8-6-4-2-1-3-5-7-9-15-20(22,23)19(25)26/h11-14H,1-10,15-16H2,(H,25,26)(H,27,28). The first-order valence-electron chi connectivity index (χ1n) is 9.99. The van der Waals surface area contributed by atoms with E-state index in [9.17, 15) is 13.6 Å². The number of unbranched alkanes of at least 4 members (excludes halogenated alkanes) is 9. The second-order valence-corrected chi connectivity index (χ2v) is 9.93. The number of rotatable bonds is 16. The molecule has 0 bridgehead atoms. The van der Waals surface area contributed by atoms with Gasteiger partial charge in [0.25, 0.3) is 11.3 Å². The normalized spacial score (nSPS) is 12.7. The molecule has 1 aromatic carbocycles. The van der Waals surface area contributed by atoms with Crippen molar-refractivity contribution in [3.63, 3.8) is 0 Å². The molecule has 9 heteroatoms. The lowest BCUT2D eigenvalue weighted by molar-refractivity contribution is -0.138. The zero-order chi connectivity index (χ0) is 21.7. The van der Waals surface area contributed by atoms with Crippen molar-refractivity contribution in [2.45, 2.75) is 75.0 Å². The monoisotopic (exact) mass is 485 g/mol. The molecule has 0 aliphatic heterocycles. The van der Waals surface area contributed by atoms with Gasteiger partial charge in [-0.05, 0) is 43.5 Å². The highest BCUT2D eigenvalue weighted by Crippen LogP contribution is 2.28. The number of anilines is 1. The van der Waals surface area contributed by atoms with Crippen LogP contribution in [-0.4, -0.2) is 30.7 Å². The Hall–Kier alpha value is -0.530. The van der Waals surface area contributed by atoms with E-state index in [-0.39, 0.29) is 6.42 Å². The van der Waals surface area contributed by atoms with Crippen molar-refractivity contribution in [2.75, 3.05) is 10.8 Å². The van der Waals surface area contributed by atoms with Crippen molar-refractivity contribution in [3.05, 3.63) is 29.3 Å². The molecule has 0 spiro atoms. The number of nitrogens with zero attached hydrogens (tertiary/aromatic N) is 1. The summed E-state index contributed by atoms with van der Waals surface area (Å²) >= 11 is 15.2. The summed E-state index contributed by atoms with van der Waals surface area (Å²) < 4.78 is 20.8. The summed E-state index contributed by atoms with van der Waals surface area (Å²) in [6, 6.07) is 6.92. The predicted molar refractivity (Wildman–Crippen MR) is 122 cm³/mol. The fraction of sp³-hybridized carbons (Fsp3) is 0.650. The van der Waals surface area contributed by atoms with Gasteiger partial charge in [0, 0.05) is 11.6 Å². The van der Waals surface area contributed by atoms with Gasteiger partial charge in [-0.2, -0.15) is 0 Å². The molecular formula is C20H30Cl3NO4S. The molecular weight excluding hydrogens is 457 g/mol.